The van der Waals surface area contributed by atoms with Gasteiger partial charge in [0.2, 0.25) is 0 Å². The van der Waals surface area contributed by atoms with E-state index in [0.717, 1.165) is 11.1 Å². The Labute approximate surface area is 205 Å². The molecule has 3 aromatic carbocycles. The van der Waals surface area contributed by atoms with E-state index >= 15 is 0 Å². The molecular formula is C28H27ClN2O3. The van der Waals surface area contributed by atoms with Crippen LogP contribution in [0.2, 0.25) is 5.02 Å². The summed E-state index contributed by atoms with van der Waals surface area (Å²) in [6.07, 6.45) is 1.52. The van der Waals surface area contributed by atoms with Crippen molar-refractivity contribution in [1.82, 2.24) is 0 Å². The number of amides is 1. The molecule has 0 bridgehead atoms. The van der Waals surface area contributed by atoms with E-state index in [1.807, 2.05) is 19.1 Å². The summed E-state index contributed by atoms with van der Waals surface area (Å²) in [4.78, 5) is 12.7. The number of benzene rings is 3. The van der Waals surface area contributed by atoms with Gasteiger partial charge in [-0.1, -0.05) is 41.9 Å². The molecule has 3 aromatic rings. The van der Waals surface area contributed by atoms with Crippen LogP contribution in [0.3, 0.4) is 0 Å². The molecule has 0 aliphatic heterocycles. The highest BCUT2D eigenvalue weighted by Gasteiger charge is 2.13. The lowest BCUT2D eigenvalue weighted by molar-refractivity contribution is -0.112. The fourth-order valence-electron chi connectivity index (χ4n) is 3.30. The fourth-order valence-corrected chi connectivity index (χ4v) is 3.48. The number of rotatable bonds is 8. The summed E-state index contributed by atoms with van der Waals surface area (Å²) in [5, 5.41) is 12.9. The van der Waals surface area contributed by atoms with Crippen LogP contribution < -0.4 is 14.8 Å². The zero-order chi connectivity index (χ0) is 24.7. The molecular weight excluding hydrogens is 448 g/mol. The van der Waals surface area contributed by atoms with Gasteiger partial charge in [0, 0.05) is 10.7 Å². The number of hydrogen-bond acceptors (Lipinski definition) is 4. The maximum atomic E-state index is 12.7. The molecule has 1 N–H and O–H groups in total. The van der Waals surface area contributed by atoms with Gasteiger partial charge in [-0.2, -0.15) is 5.26 Å². The minimum absolute atomic E-state index is 0.0365. The van der Waals surface area contributed by atoms with Crippen molar-refractivity contribution in [3.63, 3.8) is 0 Å². The summed E-state index contributed by atoms with van der Waals surface area (Å²) in [5.74, 6) is 0.624. The molecule has 0 heterocycles. The van der Waals surface area contributed by atoms with Gasteiger partial charge in [-0.3, -0.25) is 4.79 Å². The average Bonchev–Trinajstić information content (AvgIpc) is 2.82. The van der Waals surface area contributed by atoms with E-state index in [1.165, 1.54) is 17.2 Å². The standard InChI is InChI=1S/C28H27ClN2O3/c1-5-33-27-15-21(11-12-26(27)34-17-22-10-9-18(2)19(3)13-22)14-23(16-30)28(32)31-25-8-6-7-24(29)20(25)4/h6-15H,5,17H2,1-4H3,(H,31,32)/b23-14+. The van der Waals surface area contributed by atoms with Gasteiger partial charge in [-0.15, -0.1) is 0 Å². The smallest absolute Gasteiger partial charge is 0.266 e. The van der Waals surface area contributed by atoms with E-state index in [4.69, 9.17) is 21.1 Å². The maximum absolute atomic E-state index is 12.7. The van der Waals surface area contributed by atoms with Crippen LogP contribution >= 0.6 is 11.6 Å². The normalized spacial score (nSPS) is 11.0. The van der Waals surface area contributed by atoms with Crippen LogP contribution in [-0.2, 0) is 11.4 Å². The molecule has 0 atom stereocenters. The number of nitrogens with one attached hydrogen (secondary N) is 1. The third kappa shape index (κ3) is 6.18. The van der Waals surface area contributed by atoms with Crippen molar-refractivity contribution in [3.8, 4) is 17.6 Å². The van der Waals surface area contributed by atoms with E-state index in [0.29, 0.717) is 41.0 Å². The first-order valence-electron chi connectivity index (χ1n) is 11.0. The zero-order valence-corrected chi connectivity index (χ0v) is 20.5. The van der Waals surface area contributed by atoms with Gasteiger partial charge in [-0.25, -0.2) is 0 Å². The Balaban J connectivity index is 1.80. The highest BCUT2D eigenvalue weighted by atomic mass is 35.5. The molecule has 0 aliphatic rings. The molecule has 3 rings (SSSR count). The van der Waals surface area contributed by atoms with Gasteiger partial charge in [0.15, 0.2) is 11.5 Å². The van der Waals surface area contributed by atoms with Crippen molar-refractivity contribution < 1.29 is 14.3 Å². The second kappa shape index (κ2) is 11.4. The predicted octanol–water partition coefficient (Wildman–Crippen LogP) is 6.79. The van der Waals surface area contributed by atoms with E-state index in [-0.39, 0.29) is 5.57 Å². The molecule has 0 saturated heterocycles. The first kappa shape index (κ1) is 24.9. The summed E-state index contributed by atoms with van der Waals surface area (Å²) in [6.45, 7) is 8.69. The van der Waals surface area contributed by atoms with Gasteiger partial charge in [0.05, 0.1) is 6.61 Å². The second-order valence-electron chi connectivity index (χ2n) is 7.88. The minimum Gasteiger partial charge on any atom is -0.490 e. The summed E-state index contributed by atoms with van der Waals surface area (Å²) < 4.78 is 11.8. The highest BCUT2D eigenvalue weighted by Crippen LogP contribution is 2.30. The summed E-state index contributed by atoms with van der Waals surface area (Å²) in [5.41, 5.74) is 5.42. The Hall–Kier alpha value is -3.75. The Kier molecular flexibility index (Phi) is 8.34. The monoisotopic (exact) mass is 474 g/mol. The summed E-state index contributed by atoms with van der Waals surface area (Å²) >= 11 is 6.13. The number of halogens is 1. The van der Waals surface area contributed by atoms with Crippen LogP contribution in [0.4, 0.5) is 5.69 Å². The number of carbonyl (C=O) groups excluding carboxylic acids is 1. The molecule has 1 amide bonds. The quantitative estimate of drug-likeness (QED) is 0.288. The molecule has 174 valence electrons. The number of nitriles is 1. The third-order valence-electron chi connectivity index (χ3n) is 5.43. The summed E-state index contributed by atoms with van der Waals surface area (Å²) in [7, 11) is 0. The number of aryl methyl sites for hydroxylation is 2. The molecule has 5 nitrogen and oxygen atoms in total. The van der Waals surface area contributed by atoms with Crippen molar-refractivity contribution in [2.45, 2.75) is 34.3 Å². The Morgan fingerprint density at radius 3 is 2.53 bits per heavy atom. The first-order valence-corrected chi connectivity index (χ1v) is 11.3. The SMILES string of the molecule is CCOc1cc(/C=C(\C#N)C(=O)Nc2cccc(Cl)c2C)ccc1OCc1ccc(C)c(C)c1. The van der Waals surface area contributed by atoms with Crippen molar-refractivity contribution >= 4 is 29.3 Å². The van der Waals surface area contributed by atoms with Crippen LogP contribution in [0, 0.1) is 32.1 Å². The van der Waals surface area contributed by atoms with Gasteiger partial charge in [0.25, 0.3) is 5.91 Å². The molecule has 6 heteroatoms. The number of carbonyl (C=O) groups is 1. The molecule has 0 aliphatic carbocycles. The maximum Gasteiger partial charge on any atom is 0.266 e. The van der Waals surface area contributed by atoms with Crippen LogP contribution in [-0.4, -0.2) is 12.5 Å². The predicted molar refractivity (Wildman–Crippen MR) is 136 cm³/mol. The minimum atomic E-state index is -0.513. The van der Waals surface area contributed by atoms with E-state index < -0.39 is 5.91 Å². The molecule has 0 unspecified atom stereocenters. The van der Waals surface area contributed by atoms with Crippen LogP contribution in [0.15, 0.2) is 60.2 Å². The molecule has 0 fully saturated rings. The Bertz CT molecular complexity index is 1280. The van der Waals surface area contributed by atoms with Gasteiger partial charge >= 0.3 is 0 Å². The molecule has 0 saturated carbocycles. The number of anilines is 1. The topological polar surface area (TPSA) is 71.3 Å². The van der Waals surface area contributed by atoms with Crippen molar-refractivity contribution in [3.05, 3.63) is 93.0 Å². The first-order chi connectivity index (χ1) is 16.3. The number of hydrogen-bond donors (Lipinski definition) is 1. The van der Waals surface area contributed by atoms with Crippen molar-refractivity contribution in [1.29, 1.82) is 5.26 Å². The summed E-state index contributed by atoms with van der Waals surface area (Å²) in [6, 6.07) is 18.7. The van der Waals surface area contributed by atoms with E-state index in [2.05, 4.69) is 31.3 Å². The van der Waals surface area contributed by atoms with Gasteiger partial charge in [0.1, 0.15) is 18.2 Å². The van der Waals surface area contributed by atoms with E-state index in [1.54, 1.807) is 43.3 Å². The van der Waals surface area contributed by atoms with Crippen molar-refractivity contribution in [2.75, 3.05) is 11.9 Å². The largest absolute Gasteiger partial charge is 0.490 e. The van der Waals surface area contributed by atoms with Crippen LogP contribution in [0.5, 0.6) is 11.5 Å². The Morgan fingerprint density at radius 1 is 1.03 bits per heavy atom. The van der Waals surface area contributed by atoms with Crippen LogP contribution in [0.25, 0.3) is 6.08 Å². The Morgan fingerprint density at radius 2 is 1.82 bits per heavy atom. The zero-order valence-electron chi connectivity index (χ0n) is 19.7. The van der Waals surface area contributed by atoms with Crippen molar-refractivity contribution in [2.24, 2.45) is 0 Å². The third-order valence-corrected chi connectivity index (χ3v) is 5.83. The van der Waals surface area contributed by atoms with Crippen LogP contribution in [0.1, 0.15) is 34.7 Å². The van der Waals surface area contributed by atoms with Gasteiger partial charge < -0.3 is 14.8 Å². The average molecular weight is 475 g/mol. The fraction of sp³-hybridized carbons (Fsp3) is 0.214. The molecule has 34 heavy (non-hydrogen) atoms. The van der Waals surface area contributed by atoms with Gasteiger partial charge in [-0.05, 0) is 85.9 Å². The molecule has 0 aromatic heterocycles. The number of nitrogens with zero attached hydrogens (tertiary/aromatic N) is 1. The lowest BCUT2D eigenvalue weighted by Gasteiger charge is -2.13. The lowest BCUT2D eigenvalue weighted by Crippen LogP contribution is -2.14. The second-order valence-corrected chi connectivity index (χ2v) is 8.29. The lowest BCUT2D eigenvalue weighted by atomic mass is 10.1. The highest BCUT2D eigenvalue weighted by molar-refractivity contribution is 6.31. The van der Waals surface area contributed by atoms with E-state index in [9.17, 15) is 10.1 Å². The number of ether oxygens (including phenoxy) is 2. The molecule has 0 spiro atoms. The molecule has 0 radical (unpaired) electrons.